The molecule has 0 aliphatic carbocycles. The maximum atomic E-state index is 11.6. The number of hydrogen-bond acceptors (Lipinski definition) is 4. The lowest BCUT2D eigenvalue weighted by Crippen LogP contribution is -2.29. The zero-order valence-corrected chi connectivity index (χ0v) is 11.5. The maximum Gasteiger partial charge on any atom is 0.222 e. The van der Waals surface area contributed by atoms with Gasteiger partial charge < -0.3 is 9.64 Å². The van der Waals surface area contributed by atoms with Crippen LogP contribution in [0.25, 0.3) is 0 Å². The number of methoxy groups -OCH3 is 1. The molecule has 1 aliphatic heterocycles. The van der Waals surface area contributed by atoms with Crippen molar-refractivity contribution in [2.45, 2.75) is 12.5 Å². The molecule has 0 N–H and O–H groups in total. The third-order valence-corrected chi connectivity index (χ3v) is 4.29. The van der Waals surface area contributed by atoms with Gasteiger partial charge in [0, 0.05) is 46.6 Å². The van der Waals surface area contributed by atoms with Gasteiger partial charge in [0.2, 0.25) is 15.9 Å². The maximum absolute atomic E-state index is 11.6. The van der Waals surface area contributed by atoms with Crippen molar-refractivity contribution in [1.82, 2.24) is 9.21 Å². The molecule has 17 heavy (non-hydrogen) atoms. The summed E-state index contributed by atoms with van der Waals surface area (Å²) in [6.45, 7) is 0.692. The largest absolute Gasteiger partial charge is 0.380 e. The normalized spacial score (nSPS) is 26.1. The molecule has 0 aromatic heterocycles. The molecule has 2 atom stereocenters. The first-order valence-electron chi connectivity index (χ1n) is 5.43. The fraction of sp³-hybridized carbons (Fsp3) is 0.900. The van der Waals surface area contributed by atoms with Crippen molar-refractivity contribution >= 4 is 15.9 Å². The van der Waals surface area contributed by atoms with E-state index in [-0.39, 0.29) is 17.9 Å². The van der Waals surface area contributed by atoms with Crippen LogP contribution in [0.3, 0.4) is 0 Å². The fourth-order valence-electron chi connectivity index (χ4n) is 1.94. The number of hydrogen-bond donors (Lipinski definition) is 0. The van der Waals surface area contributed by atoms with Crippen molar-refractivity contribution in [3.8, 4) is 0 Å². The zero-order chi connectivity index (χ0) is 13.2. The predicted molar refractivity (Wildman–Crippen MR) is 64.0 cm³/mol. The molecule has 1 amide bonds. The molecule has 1 aliphatic rings. The Morgan fingerprint density at radius 1 is 1.41 bits per heavy atom. The minimum absolute atomic E-state index is 0.00704. The van der Waals surface area contributed by atoms with E-state index in [1.54, 1.807) is 21.2 Å². The lowest BCUT2D eigenvalue weighted by Gasteiger charge is -2.18. The standard InChI is InChI=1S/C10H20N2O4S/c1-11(2)10(13)5-8-6-12(17(4,14)15)7-9(8)16-3/h8-9H,5-7H2,1-4H3/t8-,9-/m0/s1. The summed E-state index contributed by atoms with van der Waals surface area (Å²) in [6.07, 6.45) is 1.29. The van der Waals surface area contributed by atoms with E-state index >= 15 is 0 Å². The highest BCUT2D eigenvalue weighted by Crippen LogP contribution is 2.24. The number of sulfonamides is 1. The van der Waals surface area contributed by atoms with Gasteiger partial charge in [-0.15, -0.1) is 0 Å². The van der Waals surface area contributed by atoms with Crippen LogP contribution in [0.5, 0.6) is 0 Å². The Morgan fingerprint density at radius 2 is 2.00 bits per heavy atom. The lowest BCUT2D eigenvalue weighted by atomic mass is 10.0. The second-order valence-electron chi connectivity index (χ2n) is 4.61. The smallest absolute Gasteiger partial charge is 0.222 e. The van der Waals surface area contributed by atoms with Crippen molar-refractivity contribution < 1.29 is 17.9 Å². The van der Waals surface area contributed by atoms with Crippen molar-refractivity contribution in [2.75, 3.05) is 40.6 Å². The summed E-state index contributed by atoms with van der Waals surface area (Å²) in [5, 5.41) is 0. The van der Waals surface area contributed by atoms with E-state index in [1.807, 2.05) is 0 Å². The Balaban J connectivity index is 2.70. The topological polar surface area (TPSA) is 66.9 Å². The van der Waals surface area contributed by atoms with Crippen LogP contribution < -0.4 is 0 Å². The molecule has 0 bridgehead atoms. The summed E-state index contributed by atoms with van der Waals surface area (Å²) < 4.78 is 29.5. The van der Waals surface area contributed by atoms with E-state index < -0.39 is 10.0 Å². The molecule has 7 heteroatoms. The van der Waals surface area contributed by atoms with Crippen LogP contribution in [0.1, 0.15) is 6.42 Å². The number of amides is 1. The van der Waals surface area contributed by atoms with Crippen molar-refractivity contribution in [3.05, 3.63) is 0 Å². The van der Waals surface area contributed by atoms with Gasteiger partial charge >= 0.3 is 0 Å². The molecule has 0 aromatic rings. The van der Waals surface area contributed by atoms with Crippen molar-refractivity contribution in [2.24, 2.45) is 5.92 Å². The minimum atomic E-state index is -3.21. The Hall–Kier alpha value is -0.660. The summed E-state index contributed by atoms with van der Waals surface area (Å²) in [4.78, 5) is 13.1. The first-order chi connectivity index (χ1) is 7.75. The van der Waals surface area contributed by atoms with Crippen LogP contribution in [0.2, 0.25) is 0 Å². The third kappa shape index (κ3) is 3.65. The Labute approximate surface area is 103 Å². The highest BCUT2D eigenvalue weighted by atomic mass is 32.2. The summed E-state index contributed by atoms with van der Waals surface area (Å²) in [5.74, 6) is -0.0722. The molecule has 1 rings (SSSR count). The minimum Gasteiger partial charge on any atom is -0.380 e. The van der Waals surface area contributed by atoms with Gasteiger partial charge in [0.25, 0.3) is 0 Å². The second-order valence-corrected chi connectivity index (χ2v) is 6.59. The Kier molecular flexibility index (Phi) is 4.51. The van der Waals surface area contributed by atoms with Gasteiger partial charge in [0.15, 0.2) is 0 Å². The molecule has 6 nitrogen and oxygen atoms in total. The van der Waals surface area contributed by atoms with Crippen molar-refractivity contribution in [1.29, 1.82) is 0 Å². The highest BCUT2D eigenvalue weighted by molar-refractivity contribution is 7.88. The molecular formula is C10H20N2O4S. The number of carbonyl (C=O) groups is 1. The van der Waals surface area contributed by atoms with Crippen LogP contribution in [-0.4, -0.2) is 70.2 Å². The van der Waals surface area contributed by atoms with Crippen LogP contribution in [0, 0.1) is 5.92 Å². The number of nitrogens with zero attached hydrogens (tertiary/aromatic N) is 2. The van der Waals surface area contributed by atoms with Gasteiger partial charge in [-0.25, -0.2) is 8.42 Å². The molecular weight excluding hydrogens is 244 g/mol. The Morgan fingerprint density at radius 3 is 2.41 bits per heavy atom. The lowest BCUT2D eigenvalue weighted by molar-refractivity contribution is -0.130. The Bertz CT molecular complexity index is 380. The van der Waals surface area contributed by atoms with E-state index in [4.69, 9.17) is 4.74 Å². The highest BCUT2D eigenvalue weighted by Gasteiger charge is 2.38. The van der Waals surface area contributed by atoms with Gasteiger partial charge in [-0.3, -0.25) is 4.79 Å². The molecule has 1 heterocycles. The van der Waals surface area contributed by atoms with Gasteiger partial charge in [0.05, 0.1) is 12.4 Å². The SMILES string of the molecule is CO[C@H]1CN(S(C)(=O)=O)C[C@@H]1CC(=O)N(C)C. The quantitative estimate of drug-likeness (QED) is 0.678. The van der Waals surface area contributed by atoms with Crippen molar-refractivity contribution in [3.63, 3.8) is 0 Å². The van der Waals surface area contributed by atoms with Crippen LogP contribution >= 0.6 is 0 Å². The first-order valence-corrected chi connectivity index (χ1v) is 7.28. The molecule has 0 spiro atoms. The first kappa shape index (κ1) is 14.4. The van der Waals surface area contributed by atoms with Crippen LogP contribution in [-0.2, 0) is 19.6 Å². The van der Waals surface area contributed by atoms with Gasteiger partial charge in [-0.2, -0.15) is 4.31 Å². The molecule has 0 aromatic carbocycles. The second kappa shape index (κ2) is 5.32. The summed E-state index contributed by atoms with van der Waals surface area (Å²) in [5.41, 5.74) is 0. The average molecular weight is 264 g/mol. The molecule has 1 fully saturated rings. The molecule has 1 saturated heterocycles. The molecule has 0 saturated carbocycles. The van der Waals surface area contributed by atoms with Gasteiger partial charge in [-0.1, -0.05) is 0 Å². The predicted octanol–water partition coefficient (Wildman–Crippen LogP) is -0.629. The molecule has 100 valence electrons. The number of carbonyl (C=O) groups excluding carboxylic acids is 1. The molecule has 0 unspecified atom stereocenters. The van der Waals surface area contributed by atoms with E-state index in [0.717, 1.165) is 0 Å². The summed E-state index contributed by atoms with van der Waals surface area (Å²) in [6, 6.07) is 0. The monoisotopic (exact) mass is 264 g/mol. The number of rotatable bonds is 4. The van der Waals surface area contributed by atoms with Gasteiger partial charge in [0.1, 0.15) is 0 Å². The van der Waals surface area contributed by atoms with E-state index in [2.05, 4.69) is 0 Å². The van der Waals surface area contributed by atoms with Crippen LogP contribution in [0.4, 0.5) is 0 Å². The van der Waals surface area contributed by atoms with Crippen LogP contribution in [0.15, 0.2) is 0 Å². The third-order valence-electron chi connectivity index (χ3n) is 3.05. The zero-order valence-electron chi connectivity index (χ0n) is 10.7. The average Bonchev–Trinajstić information content (AvgIpc) is 2.60. The van der Waals surface area contributed by atoms with E-state index in [9.17, 15) is 13.2 Å². The molecule has 0 radical (unpaired) electrons. The fourth-order valence-corrected chi connectivity index (χ4v) is 2.82. The number of ether oxygens (including phenoxy) is 1. The van der Waals surface area contributed by atoms with E-state index in [0.29, 0.717) is 19.5 Å². The van der Waals surface area contributed by atoms with Gasteiger partial charge in [-0.05, 0) is 0 Å². The summed E-state index contributed by atoms with van der Waals surface area (Å²) in [7, 11) is 1.71. The van der Waals surface area contributed by atoms with E-state index in [1.165, 1.54) is 15.5 Å². The summed E-state index contributed by atoms with van der Waals surface area (Å²) >= 11 is 0.